The molecule has 0 spiro atoms. The molecule has 1 amide bonds. The molecule has 0 unspecified atom stereocenters. The van der Waals surface area contributed by atoms with E-state index >= 15 is 0 Å². The number of benzene rings is 1. The van der Waals surface area contributed by atoms with E-state index < -0.39 is 10.8 Å². The maximum Gasteiger partial charge on any atom is 0.296 e. The topological polar surface area (TPSA) is 117 Å². The van der Waals surface area contributed by atoms with Crippen molar-refractivity contribution < 1.29 is 14.5 Å². The Balaban J connectivity index is 1.75. The molecular weight excluding hydrogens is 340 g/mol. The Morgan fingerprint density at radius 3 is 2.85 bits per heavy atom. The minimum atomic E-state index is -0.575. The van der Waals surface area contributed by atoms with Crippen molar-refractivity contribution in [2.45, 2.75) is 13.6 Å². The van der Waals surface area contributed by atoms with Crippen molar-refractivity contribution in [2.75, 3.05) is 11.9 Å². The average Bonchev–Trinajstić information content (AvgIpc) is 3.28. The van der Waals surface area contributed by atoms with Crippen molar-refractivity contribution in [3.63, 3.8) is 0 Å². The maximum atomic E-state index is 12.4. The van der Waals surface area contributed by atoms with Gasteiger partial charge in [0.05, 0.1) is 17.6 Å². The number of carbonyl (C=O) groups excluding carboxylic acids is 1. The van der Waals surface area contributed by atoms with Crippen molar-refractivity contribution in [1.82, 2.24) is 19.6 Å². The van der Waals surface area contributed by atoms with Gasteiger partial charge in [0.15, 0.2) is 5.69 Å². The van der Waals surface area contributed by atoms with E-state index in [4.69, 9.17) is 4.74 Å². The summed E-state index contributed by atoms with van der Waals surface area (Å²) in [4.78, 5) is 23.0. The Kier molecular flexibility index (Phi) is 4.92. The van der Waals surface area contributed by atoms with Crippen molar-refractivity contribution in [3.8, 4) is 5.75 Å². The molecule has 3 rings (SSSR count). The van der Waals surface area contributed by atoms with E-state index in [0.717, 1.165) is 0 Å². The predicted molar refractivity (Wildman–Crippen MR) is 92.1 cm³/mol. The molecule has 0 aliphatic rings. The summed E-state index contributed by atoms with van der Waals surface area (Å²) in [7, 11) is 0. The molecule has 0 saturated heterocycles. The largest absolute Gasteiger partial charge is 0.494 e. The van der Waals surface area contributed by atoms with E-state index in [1.165, 1.54) is 22.9 Å². The van der Waals surface area contributed by atoms with E-state index in [1.807, 2.05) is 0 Å². The van der Waals surface area contributed by atoms with Crippen LogP contribution in [0.5, 0.6) is 5.75 Å². The van der Waals surface area contributed by atoms with Crippen LogP contribution in [0.15, 0.2) is 48.9 Å². The van der Waals surface area contributed by atoms with Gasteiger partial charge in [-0.3, -0.25) is 24.3 Å². The van der Waals surface area contributed by atoms with Gasteiger partial charge in [0.1, 0.15) is 18.1 Å². The quantitative estimate of drug-likeness (QED) is 0.512. The van der Waals surface area contributed by atoms with Crippen LogP contribution in [0.2, 0.25) is 0 Å². The highest BCUT2D eigenvalue weighted by Gasteiger charge is 2.19. The zero-order valence-electron chi connectivity index (χ0n) is 13.9. The molecular formula is C16H16N6O4. The van der Waals surface area contributed by atoms with Gasteiger partial charge in [-0.05, 0) is 31.2 Å². The first kappa shape index (κ1) is 17.1. The summed E-state index contributed by atoms with van der Waals surface area (Å²) in [6.07, 6.45) is 5.04. The van der Waals surface area contributed by atoms with Gasteiger partial charge in [-0.1, -0.05) is 0 Å². The molecule has 0 fully saturated rings. The smallest absolute Gasteiger partial charge is 0.296 e. The molecule has 0 atom stereocenters. The minimum absolute atomic E-state index is 0.0741. The number of nitrogens with one attached hydrogen (secondary N) is 1. The van der Waals surface area contributed by atoms with Crippen molar-refractivity contribution >= 4 is 17.3 Å². The van der Waals surface area contributed by atoms with Gasteiger partial charge in [0, 0.05) is 18.6 Å². The van der Waals surface area contributed by atoms with Gasteiger partial charge in [0.2, 0.25) is 0 Å². The number of carbonyl (C=O) groups is 1. The van der Waals surface area contributed by atoms with Crippen LogP contribution in [0, 0.1) is 10.1 Å². The van der Waals surface area contributed by atoms with Crippen molar-refractivity contribution in [1.29, 1.82) is 0 Å². The maximum absolute atomic E-state index is 12.4. The van der Waals surface area contributed by atoms with Crippen LogP contribution in [0.3, 0.4) is 0 Å². The highest BCUT2D eigenvalue weighted by Crippen LogP contribution is 2.29. The fourth-order valence-corrected chi connectivity index (χ4v) is 2.31. The van der Waals surface area contributed by atoms with Crippen molar-refractivity contribution in [2.24, 2.45) is 0 Å². The Bertz CT molecular complexity index is 919. The van der Waals surface area contributed by atoms with E-state index in [1.54, 1.807) is 42.3 Å². The highest BCUT2D eigenvalue weighted by molar-refractivity contribution is 6.04. The number of aromatic nitrogens is 4. The molecule has 1 aromatic carbocycles. The molecule has 0 radical (unpaired) electrons. The monoisotopic (exact) mass is 356 g/mol. The summed E-state index contributed by atoms with van der Waals surface area (Å²) in [5.41, 5.74) is -0.0364. The minimum Gasteiger partial charge on any atom is -0.494 e. The Morgan fingerprint density at radius 2 is 2.15 bits per heavy atom. The lowest BCUT2D eigenvalue weighted by molar-refractivity contribution is -0.384. The lowest BCUT2D eigenvalue weighted by Crippen LogP contribution is -2.15. The SMILES string of the molecule is CCOc1ccc(NC(=O)c2ccn(Cn3cccn3)n2)c([N+](=O)[O-])c1. The summed E-state index contributed by atoms with van der Waals surface area (Å²) in [6.45, 7) is 2.52. The number of nitrogens with zero attached hydrogens (tertiary/aromatic N) is 5. The second-order valence-electron chi connectivity index (χ2n) is 5.25. The van der Waals surface area contributed by atoms with Gasteiger partial charge in [-0.2, -0.15) is 10.2 Å². The number of rotatable bonds is 7. The predicted octanol–water partition coefficient (Wildman–Crippen LogP) is 2.14. The molecule has 10 heteroatoms. The lowest BCUT2D eigenvalue weighted by Gasteiger charge is -2.07. The summed E-state index contributed by atoms with van der Waals surface area (Å²) < 4.78 is 8.43. The van der Waals surface area contributed by atoms with Gasteiger partial charge < -0.3 is 10.1 Å². The Labute approximate surface area is 148 Å². The van der Waals surface area contributed by atoms with Gasteiger partial charge in [-0.25, -0.2) is 0 Å². The zero-order chi connectivity index (χ0) is 18.5. The first-order valence-electron chi connectivity index (χ1n) is 7.80. The molecule has 26 heavy (non-hydrogen) atoms. The van der Waals surface area contributed by atoms with E-state index in [0.29, 0.717) is 19.0 Å². The zero-order valence-corrected chi connectivity index (χ0v) is 13.9. The Hall–Kier alpha value is -3.69. The molecule has 134 valence electrons. The van der Waals surface area contributed by atoms with Crippen LogP contribution >= 0.6 is 0 Å². The molecule has 0 bridgehead atoms. The van der Waals surface area contributed by atoms with Crippen LogP contribution in [0.1, 0.15) is 17.4 Å². The van der Waals surface area contributed by atoms with E-state index in [-0.39, 0.29) is 17.1 Å². The fraction of sp³-hybridized carbons (Fsp3) is 0.188. The fourth-order valence-electron chi connectivity index (χ4n) is 2.31. The lowest BCUT2D eigenvalue weighted by atomic mass is 10.2. The number of ether oxygens (including phenoxy) is 1. The third-order valence-electron chi connectivity index (χ3n) is 3.45. The molecule has 0 aliphatic heterocycles. The summed E-state index contributed by atoms with van der Waals surface area (Å²) in [6, 6.07) is 7.57. The standard InChI is InChI=1S/C16H16N6O4/c1-2-26-12-4-5-13(15(10-12)22(24)25)18-16(23)14-6-9-21(19-14)11-20-8-3-7-17-20/h3-10H,2,11H2,1H3,(H,18,23). The Morgan fingerprint density at radius 1 is 1.31 bits per heavy atom. The summed E-state index contributed by atoms with van der Waals surface area (Å²) in [5, 5.41) is 22.0. The van der Waals surface area contributed by atoms with Crippen molar-refractivity contribution in [3.05, 3.63) is 64.7 Å². The molecule has 2 heterocycles. The first-order chi connectivity index (χ1) is 12.6. The third-order valence-corrected chi connectivity index (χ3v) is 3.45. The van der Waals surface area contributed by atoms with Crippen LogP contribution in [0.25, 0.3) is 0 Å². The number of nitro groups is 1. The van der Waals surface area contributed by atoms with E-state index in [2.05, 4.69) is 15.5 Å². The van der Waals surface area contributed by atoms with Crippen LogP contribution in [0.4, 0.5) is 11.4 Å². The molecule has 0 aliphatic carbocycles. The number of anilines is 1. The van der Waals surface area contributed by atoms with E-state index in [9.17, 15) is 14.9 Å². The van der Waals surface area contributed by atoms with Crippen LogP contribution < -0.4 is 10.1 Å². The van der Waals surface area contributed by atoms with Crippen LogP contribution in [-0.2, 0) is 6.67 Å². The number of nitro benzene ring substituents is 1. The average molecular weight is 356 g/mol. The summed E-state index contributed by atoms with van der Waals surface area (Å²) >= 11 is 0. The molecule has 1 N–H and O–H groups in total. The number of hydrogen-bond donors (Lipinski definition) is 1. The second-order valence-corrected chi connectivity index (χ2v) is 5.25. The second kappa shape index (κ2) is 7.47. The first-order valence-corrected chi connectivity index (χ1v) is 7.80. The van der Waals surface area contributed by atoms with Gasteiger partial charge in [0.25, 0.3) is 11.6 Å². The normalized spacial score (nSPS) is 10.5. The highest BCUT2D eigenvalue weighted by atomic mass is 16.6. The molecule has 2 aromatic heterocycles. The summed E-state index contributed by atoms with van der Waals surface area (Å²) in [5.74, 6) is -0.183. The molecule has 3 aromatic rings. The molecule has 0 saturated carbocycles. The number of hydrogen-bond acceptors (Lipinski definition) is 6. The molecule has 10 nitrogen and oxygen atoms in total. The van der Waals surface area contributed by atoms with Gasteiger partial charge in [-0.15, -0.1) is 0 Å². The number of amides is 1. The third kappa shape index (κ3) is 3.86. The van der Waals surface area contributed by atoms with Gasteiger partial charge >= 0.3 is 0 Å². The van der Waals surface area contributed by atoms with Crippen LogP contribution in [-0.4, -0.2) is 37.0 Å².